The number of carbonyl (C=O) groups excluding carboxylic acids is 1. The van der Waals surface area contributed by atoms with Gasteiger partial charge in [0.1, 0.15) is 0 Å². The fourth-order valence-corrected chi connectivity index (χ4v) is 3.42. The summed E-state index contributed by atoms with van der Waals surface area (Å²) in [5.41, 5.74) is 2.61. The van der Waals surface area contributed by atoms with Crippen molar-refractivity contribution in [2.24, 2.45) is 0 Å². The minimum absolute atomic E-state index is 0.0688. The van der Waals surface area contributed by atoms with E-state index in [0.29, 0.717) is 31.1 Å². The third-order valence-electron chi connectivity index (χ3n) is 4.87. The number of carbonyl (C=O) groups is 1. The fourth-order valence-electron chi connectivity index (χ4n) is 3.42. The van der Waals surface area contributed by atoms with Crippen LogP contribution in [0.5, 0.6) is 11.5 Å². The van der Waals surface area contributed by atoms with Crippen LogP contribution in [0.15, 0.2) is 47.3 Å². The van der Waals surface area contributed by atoms with Crippen molar-refractivity contribution < 1.29 is 14.3 Å². The van der Waals surface area contributed by atoms with Gasteiger partial charge in [0.25, 0.3) is 0 Å². The van der Waals surface area contributed by atoms with Gasteiger partial charge in [-0.15, -0.1) is 0 Å². The molecule has 154 valence electrons. The lowest BCUT2D eigenvalue weighted by Gasteiger charge is -2.10. The summed E-state index contributed by atoms with van der Waals surface area (Å²) in [6.45, 7) is 3.43. The lowest BCUT2D eigenvalue weighted by atomic mass is 10.2. The van der Waals surface area contributed by atoms with E-state index in [1.165, 1.54) is 0 Å². The molecule has 1 amide bonds. The summed E-state index contributed by atoms with van der Waals surface area (Å²) in [6.07, 6.45) is 1.10. The molecule has 1 N–H and O–H groups in total. The normalized spacial score (nSPS) is 10.9. The molecule has 3 aromatic rings. The number of nitrogens with zero attached hydrogens (tertiary/aromatic N) is 2. The molecule has 0 spiro atoms. The molecule has 0 saturated heterocycles. The van der Waals surface area contributed by atoms with Gasteiger partial charge < -0.3 is 14.8 Å². The Hall–Kier alpha value is -3.22. The second-order valence-electron chi connectivity index (χ2n) is 6.79. The van der Waals surface area contributed by atoms with E-state index in [1.54, 1.807) is 23.4 Å². The average Bonchev–Trinajstić information content (AvgIpc) is 3.02. The second-order valence-corrected chi connectivity index (χ2v) is 6.79. The smallest absolute Gasteiger partial charge is 0.329 e. The van der Waals surface area contributed by atoms with Gasteiger partial charge in [-0.3, -0.25) is 13.9 Å². The van der Waals surface area contributed by atoms with Crippen molar-refractivity contribution in [1.82, 2.24) is 14.5 Å². The van der Waals surface area contributed by atoms with E-state index >= 15 is 0 Å². The van der Waals surface area contributed by atoms with E-state index in [9.17, 15) is 9.59 Å². The zero-order chi connectivity index (χ0) is 20.8. The minimum atomic E-state index is -0.112. The first-order chi connectivity index (χ1) is 14.1. The molecular weight excluding hydrogens is 370 g/mol. The molecule has 0 aliphatic carbocycles. The van der Waals surface area contributed by atoms with Gasteiger partial charge in [0.15, 0.2) is 11.5 Å². The van der Waals surface area contributed by atoms with Crippen LogP contribution >= 0.6 is 0 Å². The van der Waals surface area contributed by atoms with Gasteiger partial charge in [-0.05, 0) is 36.2 Å². The van der Waals surface area contributed by atoms with Gasteiger partial charge in [0, 0.05) is 26.1 Å². The summed E-state index contributed by atoms with van der Waals surface area (Å²) in [4.78, 5) is 25.1. The SMILES string of the molecule is CCCn1c(=O)n(CCC(=O)NCc2ccc(OC)c(OC)c2)c2ccccc21. The van der Waals surface area contributed by atoms with Crippen molar-refractivity contribution in [3.63, 3.8) is 0 Å². The number of methoxy groups -OCH3 is 2. The first kappa shape index (κ1) is 20.5. The molecule has 29 heavy (non-hydrogen) atoms. The Bertz CT molecular complexity index is 1050. The molecule has 0 fully saturated rings. The van der Waals surface area contributed by atoms with E-state index < -0.39 is 0 Å². The number of ether oxygens (including phenoxy) is 2. The molecular formula is C22H27N3O4. The molecule has 3 rings (SSSR count). The fraction of sp³-hybridized carbons (Fsp3) is 0.364. The molecule has 0 radical (unpaired) electrons. The molecule has 0 aliphatic rings. The second kappa shape index (κ2) is 9.32. The van der Waals surface area contributed by atoms with Gasteiger partial charge in [0.2, 0.25) is 5.91 Å². The largest absolute Gasteiger partial charge is 0.493 e. The summed E-state index contributed by atoms with van der Waals surface area (Å²) in [5.74, 6) is 1.15. The highest BCUT2D eigenvalue weighted by Gasteiger charge is 2.13. The van der Waals surface area contributed by atoms with Gasteiger partial charge in [-0.2, -0.15) is 0 Å². The molecule has 7 nitrogen and oxygen atoms in total. The topological polar surface area (TPSA) is 74.5 Å². The molecule has 0 unspecified atom stereocenters. The Morgan fingerprint density at radius 1 is 0.966 bits per heavy atom. The Balaban J connectivity index is 1.66. The van der Waals surface area contributed by atoms with Crippen LogP contribution in [0.3, 0.4) is 0 Å². The zero-order valence-corrected chi connectivity index (χ0v) is 17.1. The quantitative estimate of drug-likeness (QED) is 0.602. The number of hydrogen-bond acceptors (Lipinski definition) is 4. The van der Waals surface area contributed by atoms with Crippen molar-refractivity contribution in [3.8, 4) is 11.5 Å². The maximum atomic E-state index is 12.8. The standard InChI is InChI=1S/C22H27N3O4/c1-4-12-24-17-7-5-6-8-18(17)25(22(24)27)13-11-21(26)23-15-16-9-10-19(28-2)20(14-16)29-3/h5-10,14H,4,11-13,15H2,1-3H3,(H,23,26). The third kappa shape index (κ3) is 4.45. The first-order valence-electron chi connectivity index (χ1n) is 9.74. The van der Waals surface area contributed by atoms with Crippen LogP contribution in [-0.4, -0.2) is 29.3 Å². The number of benzene rings is 2. The number of hydrogen-bond donors (Lipinski definition) is 1. The number of nitrogens with one attached hydrogen (secondary N) is 1. The molecule has 1 aromatic heterocycles. The van der Waals surface area contributed by atoms with Gasteiger partial charge in [-0.25, -0.2) is 4.79 Å². The molecule has 0 saturated carbocycles. The Morgan fingerprint density at radius 2 is 1.62 bits per heavy atom. The predicted octanol–water partition coefficient (Wildman–Crippen LogP) is 2.94. The summed E-state index contributed by atoms with van der Waals surface area (Å²) in [7, 11) is 3.16. The van der Waals surface area contributed by atoms with Crippen molar-refractivity contribution in [2.75, 3.05) is 14.2 Å². The van der Waals surface area contributed by atoms with Crippen LogP contribution in [0.2, 0.25) is 0 Å². The highest BCUT2D eigenvalue weighted by atomic mass is 16.5. The van der Waals surface area contributed by atoms with Gasteiger partial charge in [0.05, 0.1) is 25.3 Å². The van der Waals surface area contributed by atoms with Crippen LogP contribution in [-0.2, 0) is 24.4 Å². The van der Waals surface area contributed by atoms with Crippen molar-refractivity contribution >= 4 is 16.9 Å². The molecule has 1 heterocycles. The van der Waals surface area contributed by atoms with Crippen molar-refractivity contribution in [2.45, 2.75) is 39.4 Å². The van der Waals surface area contributed by atoms with Crippen LogP contribution in [0.1, 0.15) is 25.3 Å². The van der Waals surface area contributed by atoms with E-state index in [4.69, 9.17) is 9.47 Å². The molecule has 7 heteroatoms. The third-order valence-corrected chi connectivity index (χ3v) is 4.87. The Labute approximate surface area is 169 Å². The number of rotatable bonds is 9. The Morgan fingerprint density at radius 3 is 2.24 bits per heavy atom. The molecule has 0 bridgehead atoms. The summed E-state index contributed by atoms with van der Waals surface area (Å²) < 4.78 is 14.0. The zero-order valence-electron chi connectivity index (χ0n) is 17.1. The lowest BCUT2D eigenvalue weighted by Crippen LogP contribution is -2.28. The lowest BCUT2D eigenvalue weighted by molar-refractivity contribution is -0.121. The van der Waals surface area contributed by atoms with E-state index in [1.807, 2.05) is 49.4 Å². The summed E-state index contributed by atoms with van der Waals surface area (Å²) in [6, 6.07) is 13.2. The number of aromatic nitrogens is 2. The highest BCUT2D eigenvalue weighted by Crippen LogP contribution is 2.27. The highest BCUT2D eigenvalue weighted by molar-refractivity contribution is 5.78. The van der Waals surface area contributed by atoms with E-state index in [-0.39, 0.29) is 18.0 Å². The number of imidazole rings is 1. The molecule has 0 aliphatic heterocycles. The van der Waals surface area contributed by atoms with Crippen LogP contribution in [0.25, 0.3) is 11.0 Å². The van der Waals surface area contributed by atoms with Crippen molar-refractivity contribution in [1.29, 1.82) is 0 Å². The van der Waals surface area contributed by atoms with Crippen LogP contribution in [0, 0.1) is 0 Å². The van der Waals surface area contributed by atoms with Gasteiger partial charge >= 0.3 is 5.69 Å². The average molecular weight is 397 g/mol. The number of amides is 1. The Kier molecular flexibility index (Phi) is 6.59. The molecule has 0 atom stereocenters. The number of fused-ring (bicyclic) bond motifs is 1. The van der Waals surface area contributed by atoms with E-state index in [0.717, 1.165) is 23.0 Å². The van der Waals surface area contributed by atoms with Crippen LogP contribution < -0.4 is 20.5 Å². The first-order valence-corrected chi connectivity index (χ1v) is 9.74. The van der Waals surface area contributed by atoms with E-state index in [2.05, 4.69) is 5.32 Å². The number of para-hydroxylation sites is 2. The van der Waals surface area contributed by atoms with Crippen molar-refractivity contribution in [3.05, 3.63) is 58.5 Å². The van der Waals surface area contributed by atoms with Crippen LogP contribution in [0.4, 0.5) is 0 Å². The summed E-state index contributed by atoms with van der Waals surface area (Å²) >= 11 is 0. The number of aryl methyl sites for hydroxylation is 2. The monoisotopic (exact) mass is 397 g/mol. The predicted molar refractivity (Wildman–Crippen MR) is 112 cm³/mol. The molecule has 2 aromatic carbocycles. The maximum Gasteiger partial charge on any atom is 0.329 e. The van der Waals surface area contributed by atoms with Gasteiger partial charge in [-0.1, -0.05) is 25.1 Å². The summed E-state index contributed by atoms with van der Waals surface area (Å²) in [5, 5.41) is 2.90. The minimum Gasteiger partial charge on any atom is -0.493 e. The maximum absolute atomic E-state index is 12.8.